The van der Waals surface area contributed by atoms with Gasteiger partial charge in [0.25, 0.3) is 0 Å². The maximum Gasteiger partial charge on any atom is 0.216 e. The fraction of sp³-hybridized carbons (Fsp3) is 0.750. The molecule has 0 spiro atoms. The molecule has 0 bridgehead atoms. The van der Waals surface area contributed by atoms with Crippen LogP contribution in [0.4, 0.5) is 0 Å². The fourth-order valence-corrected chi connectivity index (χ4v) is 4.33. The van der Waals surface area contributed by atoms with Crippen molar-refractivity contribution in [3.63, 3.8) is 0 Å². The zero-order valence-electron chi connectivity index (χ0n) is 10.6. The Hall–Kier alpha value is -0.880. The summed E-state index contributed by atoms with van der Waals surface area (Å²) in [5, 5.41) is -0.102. The molecule has 0 aromatic carbocycles. The molecular weight excluding hydrogens is 250 g/mol. The molecule has 0 saturated heterocycles. The summed E-state index contributed by atoms with van der Waals surface area (Å²) in [5.41, 5.74) is 0. The highest BCUT2D eigenvalue weighted by atomic mass is 32.2. The molecule has 1 fully saturated rings. The molecule has 1 aromatic rings. The fourth-order valence-electron chi connectivity index (χ4n) is 2.67. The van der Waals surface area contributed by atoms with Crippen LogP contribution in [-0.4, -0.2) is 41.1 Å². The lowest BCUT2D eigenvalue weighted by molar-refractivity contribution is 0.303. The molecule has 100 valence electrons. The summed E-state index contributed by atoms with van der Waals surface area (Å²) in [7, 11) is -1.30. The van der Waals surface area contributed by atoms with Crippen LogP contribution >= 0.6 is 0 Å². The molecule has 2 heterocycles. The van der Waals surface area contributed by atoms with Crippen LogP contribution in [0.2, 0.25) is 0 Å². The molecule has 1 aliphatic carbocycles. The quantitative estimate of drug-likeness (QED) is 0.815. The van der Waals surface area contributed by atoms with Gasteiger partial charge in [0.2, 0.25) is 10.0 Å². The number of hydrogen-bond acceptors (Lipinski definition) is 3. The molecular formula is C12H19N3O2S. The number of sulfonamides is 1. The molecule has 1 atom stereocenters. The maximum atomic E-state index is 12.1. The lowest BCUT2D eigenvalue weighted by atomic mass is 10.00. The number of imidazole rings is 1. The van der Waals surface area contributed by atoms with Crippen molar-refractivity contribution in [1.82, 2.24) is 13.9 Å². The first-order valence-corrected chi connectivity index (χ1v) is 8.03. The SMILES string of the molecule is CN(C[C@H]1CCc2nccn2C1)S(=O)(=O)C1CC1. The third-order valence-electron chi connectivity index (χ3n) is 3.93. The van der Waals surface area contributed by atoms with Crippen molar-refractivity contribution >= 4 is 10.0 Å². The second-order valence-electron chi connectivity index (χ2n) is 5.43. The topological polar surface area (TPSA) is 55.2 Å². The van der Waals surface area contributed by atoms with Crippen LogP contribution in [-0.2, 0) is 23.0 Å². The molecule has 2 aliphatic rings. The highest BCUT2D eigenvalue weighted by molar-refractivity contribution is 7.90. The summed E-state index contributed by atoms with van der Waals surface area (Å²) in [5.74, 6) is 1.53. The largest absolute Gasteiger partial charge is 0.335 e. The smallest absolute Gasteiger partial charge is 0.216 e. The summed E-state index contributed by atoms with van der Waals surface area (Å²) >= 11 is 0. The highest BCUT2D eigenvalue weighted by Crippen LogP contribution is 2.31. The van der Waals surface area contributed by atoms with Gasteiger partial charge in [-0.2, -0.15) is 0 Å². The molecule has 0 N–H and O–H groups in total. The lowest BCUT2D eigenvalue weighted by Crippen LogP contribution is -2.37. The summed E-state index contributed by atoms with van der Waals surface area (Å²) in [6.45, 7) is 1.52. The minimum Gasteiger partial charge on any atom is -0.335 e. The van der Waals surface area contributed by atoms with E-state index in [0.29, 0.717) is 12.5 Å². The summed E-state index contributed by atoms with van der Waals surface area (Å²) < 4.78 is 27.8. The van der Waals surface area contributed by atoms with Gasteiger partial charge >= 0.3 is 0 Å². The Kier molecular flexibility index (Phi) is 2.94. The third-order valence-corrected chi connectivity index (χ3v) is 6.26. The first-order chi connectivity index (χ1) is 8.57. The zero-order valence-corrected chi connectivity index (χ0v) is 11.4. The molecule has 1 saturated carbocycles. The Balaban J connectivity index is 1.64. The van der Waals surface area contributed by atoms with Gasteiger partial charge in [0.1, 0.15) is 5.82 Å². The van der Waals surface area contributed by atoms with Gasteiger partial charge in [-0.15, -0.1) is 0 Å². The van der Waals surface area contributed by atoms with E-state index in [1.54, 1.807) is 11.4 Å². The van der Waals surface area contributed by atoms with Crippen LogP contribution < -0.4 is 0 Å². The van der Waals surface area contributed by atoms with E-state index < -0.39 is 10.0 Å². The van der Waals surface area contributed by atoms with Crippen molar-refractivity contribution in [3.8, 4) is 0 Å². The van der Waals surface area contributed by atoms with Gasteiger partial charge in [0.05, 0.1) is 5.25 Å². The van der Waals surface area contributed by atoms with Gasteiger partial charge in [0.15, 0.2) is 0 Å². The molecule has 5 nitrogen and oxygen atoms in total. The number of aromatic nitrogens is 2. The average Bonchev–Trinajstić information content (AvgIpc) is 3.09. The van der Waals surface area contributed by atoms with E-state index in [9.17, 15) is 8.42 Å². The predicted molar refractivity (Wildman–Crippen MR) is 68.6 cm³/mol. The maximum absolute atomic E-state index is 12.1. The van der Waals surface area contributed by atoms with Crippen LogP contribution in [0, 0.1) is 5.92 Å². The van der Waals surface area contributed by atoms with Crippen LogP contribution in [0.3, 0.4) is 0 Å². The van der Waals surface area contributed by atoms with Crippen LogP contribution in [0.5, 0.6) is 0 Å². The Morgan fingerprint density at radius 3 is 2.94 bits per heavy atom. The highest BCUT2D eigenvalue weighted by Gasteiger charge is 2.39. The number of hydrogen-bond donors (Lipinski definition) is 0. The Labute approximate surface area is 108 Å². The van der Waals surface area contributed by atoms with Gasteiger partial charge in [-0.05, 0) is 25.2 Å². The molecule has 3 rings (SSSR count). The van der Waals surface area contributed by atoms with E-state index >= 15 is 0 Å². The van der Waals surface area contributed by atoms with Crippen molar-refractivity contribution in [2.24, 2.45) is 5.92 Å². The van der Waals surface area contributed by atoms with E-state index in [1.807, 2.05) is 12.4 Å². The van der Waals surface area contributed by atoms with Gasteiger partial charge in [-0.3, -0.25) is 0 Å². The zero-order chi connectivity index (χ0) is 12.8. The van der Waals surface area contributed by atoms with E-state index in [4.69, 9.17) is 0 Å². The minimum atomic E-state index is -3.02. The summed E-state index contributed by atoms with van der Waals surface area (Å²) in [6.07, 6.45) is 7.46. The third kappa shape index (κ3) is 2.19. The molecule has 0 amide bonds. The van der Waals surface area contributed by atoms with Gasteiger partial charge < -0.3 is 4.57 Å². The Morgan fingerprint density at radius 2 is 2.22 bits per heavy atom. The van der Waals surface area contributed by atoms with Gasteiger partial charge in [-0.1, -0.05) is 0 Å². The monoisotopic (exact) mass is 269 g/mol. The van der Waals surface area contributed by atoms with Crippen molar-refractivity contribution in [3.05, 3.63) is 18.2 Å². The van der Waals surface area contributed by atoms with E-state index in [-0.39, 0.29) is 5.25 Å². The van der Waals surface area contributed by atoms with Crippen molar-refractivity contribution in [1.29, 1.82) is 0 Å². The lowest BCUT2D eigenvalue weighted by Gasteiger charge is -2.27. The normalized spacial score (nSPS) is 24.2. The second-order valence-corrected chi connectivity index (χ2v) is 7.75. The second kappa shape index (κ2) is 4.35. The van der Waals surface area contributed by atoms with Gasteiger partial charge in [0, 0.05) is 39.0 Å². The number of fused-ring (bicyclic) bond motifs is 1. The van der Waals surface area contributed by atoms with Crippen LogP contribution in [0.25, 0.3) is 0 Å². The van der Waals surface area contributed by atoms with Crippen LogP contribution in [0.1, 0.15) is 25.1 Å². The molecule has 18 heavy (non-hydrogen) atoms. The first-order valence-electron chi connectivity index (χ1n) is 6.52. The number of nitrogens with zero attached hydrogens (tertiary/aromatic N) is 3. The summed E-state index contributed by atoms with van der Waals surface area (Å²) in [6, 6.07) is 0. The van der Waals surface area contributed by atoms with E-state index in [2.05, 4.69) is 9.55 Å². The molecule has 0 radical (unpaired) electrons. The average molecular weight is 269 g/mol. The van der Waals surface area contributed by atoms with Crippen molar-refractivity contribution in [2.75, 3.05) is 13.6 Å². The molecule has 1 aliphatic heterocycles. The molecule has 6 heteroatoms. The predicted octanol–water partition coefficient (Wildman–Crippen LogP) is 0.870. The van der Waals surface area contributed by atoms with Crippen molar-refractivity contribution < 1.29 is 8.42 Å². The summed E-state index contributed by atoms with van der Waals surface area (Å²) in [4.78, 5) is 4.29. The minimum absolute atomic E-state index is 0.102. The van der Waals surface area contributed by atoms with Crippen LogP contribution in [0.15, 0.2) is 12.4 Å². The Morgan fingerprint density at radius 1 is 1.44 bits per heavy atom. The number of rotatable bonds is 4. The standard InChI is InChI=1S/C12H19N3O2S/c1-14(18(16,17)11-3-4-11)8-10-2-5-12-13-6-7-15(12)9-10/h6-7,10-11H,2-5,8-9H2,1H3/t10-/m1/s1. The van der Waals surface area contributed by atoms with E-state index in [1.165, 1.54) is 0 Å². The molecule has 0 unspecified atom stereocenters. The number of aryl methyl sites for hydroxylation is 1. The molecule has 1 aromatic heterocycles. The van der Waals surface area contributed by atoms with E-state index in [0.717, 1.165) is 38.1 Å². The first kappa shape index (κ1) is 12.2. The van der Waals surface area contributed by atoms with Gasteiger partial charge in [-0.25, -0.2) is 17.7 Å². The Bertz CT molecular complexity index is 533. The van der Waals surface area contributed by atoms with Crippen molar-refractivity contribution in [2.45, 2.75) is 37.5 Å².